The van der Waals surface area contributed by atoms with Crippen molar-refractivity contribution in [1.29, 1.82) is 0 Å². The van der Waals surface area contributed by atoms with E-state index in [1.807, 2.05) is 24.3 Å². The first-order chi connectivity index (χ1) is 18.8. The molecule has 39 heavy (non-hydrogen) atoms. The van der Waals surface area contributed by atoms with Gasteiger partial charge < -0.3 is 15.4 Å². The second-order valence-electron chi connectivity index (χ2n) is 10.5. The number of hydrogen-bond acceptors (Lipinski definition) is 4. The molecule has 2 saturated heterocycles. The van der Waals surface area contributed by atoms with Crippen molar-refractivity contribution in [1.82, 2.24) is 15.5 Å². The minimum atomic E-state index is -0.404. The van der Waals surface area contributed by atoms with E-state index in [-0.39, 0.29) is 18.5 Å². The molecule has 3 aromatic carbocycles. The number of amides is 2. The molecule has 3 aliphatic rings. The van der Waals surface area contributed by atoms with Gasteiger partial charge in [0.1, 0.15) is 11.5 Å². The van der Waals surface area contributed by atoms with Crippen LogP contribution >= 0.6 is 34.8 Å². The number of carbonyl (C=O) groups excluding carboxylic acids is 2. The number of hydrogen-bond donors (Lipinski definition) is 2. The van der Waals surface area contributed by atoms with Crippen LogP contribution in [0.2, 0.25) is 15.1 Å². The molecule has 0 saturated carbocycles. The fourth-order valence-corrected chi connectivity index (χ4v) is 6.77. The molecule has 0 radical (unpaired) electrons. The largest absolute Gasteiger partial charge is 0.457 e. The second kappa shape index (κ2) is 11.0. The predicted molar refractivity (Wildman–Crippen MR) is 153 cm³/mol. The highest BCUT2D eigenvalue weighted by Crippen LogP contribution is 2.41. The topological polar surface area (TPSA) is 70.7 Å². The smallest absolute Gasteiger partial charge is 0.253 e. The summed E-state index contributed by atoms with van der Waals surface area (Å²) in [5.41, 5.74) is 3.13. The minimum Gasteiger partial charge on any atom is -0.457 e. The summed E-state index contributed by atoms with van der Waals surface area (Å²) in [7, 11) is 0. The minimum absolute atomic E-state index is 0.0936. The van der Waals surface area contributed by atoms with E-state index < -0.39 is 5.91 Å². The fraction of sp³-hybridized carbons (Fsp3) is 0.333. The van der Waals surface area contributed by atoms with Crippen molar-refractivity contribution >= 4 is 46.6 Å². The Morgan fingerprint density at radius 3 is 2.33 bits per heavy atom. The van der Waals surface area contributed by atoms with Gasteiger partial charge in [-0.1, -0.05) is 46.9 Å². The number of rotatable bonds is 6. The standard InChI is InChI=1S/C30H28Cl3N3O3/c31-19-3-1-17(2-4-19)16-36-22-6-7-23(36)14-21(13-22)35-28(37)15-34-30(38)29-24-12-18-11-20(32)5-9-26(18)39-27(24)10-8-25(29)33/h1-5,8-11,21-23H,6-7,12-16H2,(H,34,38)(H,35,37)/t21-,22+,23-. The van der Waals surface area contributed by atoms with Gasteiger partial charge in [0.2, 0.25) is 5.91 Å². The van der Waals surface area contributed by atoms with Crippen molar-refractivity contribution in [3.63, 3.8) is 0 Å². The molecule has 3 heterocycles. The maximum Gasteiger partial charge on any atom is 0.253 e. The predicted octanol–water partition coefficient (Wildman–Crippen LogP) is 6.38. The molecule has 0 spiro atoms. The summed E-state index contributed by atoms with van der Waals surface area (Å²) >= 11 is 18.6. The summed E-state index contributed by atoms with van der Waals surface area (Å²) < 4.78 is 6.00. The van der Waals surface area contributed by atoms with Gasteiger partial charge in [0.05, 0.1) is 17.1 Å². The van der Waals surface area contributed by atoms with Crippen molar-refractivity contribution in [2.75, 3.05) is 6.54 Å². The van der Waals surface area contributed by atoms with Crippen LogP contribution in [0, 0.1) is 0 Å². The lowest BCUT2D eigenvalue weighted by molar-refractivity contribution is -0.121. The molecule has 3 atom stereocenters. The number of halogens is 3. The summed E-state index contributed by atoms with van der Waals surface area (Å²) in [5.74, 6) is 0.671. The van der Waals surface area contributed by atoms with Gasteiger partial charge >= 0.3 is 0 Å². The van der Waals surface area contributed by atoms with Crippen LogP contribution in [0.4, 0.5) is 0 Å². The van der Waals surface area contributed by atoms with Crippen LogP contribution < -0.4 is 15.4 Å². The summed E-state index contributed by atoms with van der Waals surface area (Å²) in [6, 6.07) is 17.8. The first-order valence-electron chi connectivity index (χ1n) is 13.2. The molecule has 2 bridgehead atoms. The molecule has 202 valence electrons. The molecule has 0 aliphatic carbocycles. The van der Waals surface area contributed by atoms with Crippen molar-refractivity contribution in [2.45, 2.75) is 56.8 Å². The van der Waals surface area contributed by atoms with Crippen LogP contribution in [0.15, 0.2) is 54.6 Å². The van der Waals surface area contributed by atoms with E-state index in [0.717, 1.165) is 42.8 Å². The van der Waals surface area contributed by atoms with Gasteiger partial charge in [-0.15, -0.1) is 0 Å². The average molecular weight is 585 g/mol. The Labute approximate surface area is 242 Å². The van der Waals surface area contributed by atoms with Gasteiger partial charge in [-0.25, -0.2) is 0 Å². The molecular weight excluding hydrogens is 557 g/mol. The number of ether oxygens (including phenoxy) is 1. The molecule has 2 amide bonds. The van der Waals surface area contributed by atoms with Crippen LogP contribution in [0.5, 0.6) is 11.5 Å². The van der Waals surface area contributed by atoms with Crippen molar-refractivity contribution in [3.8, 4) is 11.5 Å². The third-order valence-corrected chi connectivity index (χ3v) is 8.80. The Bertz CT molecular complexity index is 1410. The van der Waals surface area contributed by atoms with Crippen molar-refractivity contribution in [3.05, 3.63) is 91.9 Å². The van der Waals surface area contributed by atoms with Gasteiger partial charge in [0, 0.05) is 52.3 Å². The number of benzene rings is 3. The third kappa shape index (κ3) is 5.62. The van der Waals surface area contributed by atoms with Crippen LogP contribution in [0.1, 0.15) is 52.7 Å². The molecule has 9 heteroatoms. The van der Waals surface area contributed by atoms with Crippen LogP contribution in [0.3, 0.4) is 0 Å². The highest BCUT2D eigenvalue weighted by molar-refractivity contribution is 6.34. The van der Waals surface area contributed by atoms with Crippen LogP contribution in [0.25, 0.3) is 0 Å². The van der Waals surface area contributed by atoms with Crippen LogP contribution in [-0.2, 0) is 17.8 Å². The van der Waals surface area contributed by atoms with Gasteiger partial charge in [-0.05, 0) is 73.7 Å². The van der Waals surface area contributed by atoms with E-state index in [0.29, 0.717) is 51.2 Å². The normalized spacial score (nSPS) is 21.5. The number of carbonyl (C=O) groups is 2. The Kier molecular flexibility index (Phi) is 7.47. The first-order valence-corrected chi connectivity index (χ1v) is 14.3. The van der Waals surface area contributed by atoms with E-state index in [1.165, 1.54) is 5.56 Å². The van der Waals surface area contributed by atoms with Crippen molar-refractivity contribution in [2.24, 2.45) is 0 Å². The van der Waals surface area contributed by atoms with E-state index in [2.05, 4.69) is 27.7 Å². The monoisotopic (exact) mass is 583 g/mol. The maximum atomic E-state index is 13.2. The fourth-order valence-electron chi connectivity index (χ4n) is 6.19. The van der Waals surface area contributed by atoms with Crippen molar-refractivity contribution < 1.29 is 14.3 Å². The Morgan fingerprint density at radius 1 is 0.897 bits per heavy atom. The molecule has 3 aromatic rings. The van der Waals surface area contributed by atoms with E-state index in [9.17, 15) is 9.59 Å². The second-order valence-corrected chi connectivity index (χ2v) is 11.8. The van der Waals surface area contributed by atoms with E-state index in [1.54, 1.807) is 18.2 Å². The lowest BCUT2D eigenvalue weighted by Gasteiger charge is -2.39. The van der Waals surface area contributed by atoms with E-state index >= 15 is 0 Å². The Balaban J connectivity index is 1.05. The lowest BCUT2D eigenvalue weighted by Crippen LogP contribution is -2.51. The number of fused-ring (bicyclic) bond motifs is 4. The highest BCUT2D eigenvalue weighted by atomic mass is 35.5. The zero-order valence-electron chi connectivity index (χ0n) is 21.2. The zero-order chi connectivity index (χ0) is 27.1. The Hall–Kier alpha value is -2.77. The average Bonchev–Trinajstić information content (AvgIpc) is 3.14. The maximum absolute atomic E-state index is 13.2. The third-order valence-electron chi connectivity index (χ3n) is 7.99. The van der Waals surface area contributed by atoms with Gasteiger partial charge in [-0.3, -0.25) is 14.5 Å². The molecule has 2 fully saturated rings. The molecule has 3 aliphatic heterocycles. The molecular formula is C30H28Cl3N3O3. The lowest BCUT2D eigenvalue weighted by atomic mass is 9.95. The highest BCUT2D eigenvalue weighted by Gasteiger charge is 2.41. The molecule has 0 aromatic heterocycles. The molecule has 6 rings (SSSR count). The van der Waals surface area contributed by atoms with Gasteiger partial charge in [0.15, 0.2) is 0 Å². The first kappa shape index (κ1) is 26.5. The van der Waals surface area contributed by atoms with Gasteiger partial charge in [-0.2, -0.15) is 0 Å². The summed E-state index contributed by atoms with van der Waals surface area (Å²) in [5, 5.41) is 7.55. The summed E-state index contributed by atoms with van der Waals surface area (Å²) in [6.07, 6.45) is 4.53. The molecule has 2 N–H and O–H groups in total. The Morgan fingerprint density at radius 2 is 1.59 bits per heavy atom. The zero-order valence-corrected chi connectivity index (χ0v) is 23.5. The number of nitrogens with zero attached hydrogens (tertiary/aromatic N) is 1. The summed E-state index contributed by atoms with van der Waals surface area (Å²) in [4.78, 5) is 28.6. The molecule has 6 nitrogen and oxygen atoms in total. The number of nitrogens with one attached hydrogen (secondary N) is 2. The SMILES string of the molecule is O=C(CNC(=O)c1c(Cl)ccc2c1Cc1cc(Cl)ccc1O2)N[C@H]1C[C@H]2CC[C@@H](C1)N2Cc1ccc(Cl)cc1. The summed E-state index contributed by atoms with van der Waals surface area (Å²) in [6.45, 7) is 0.772. The number of piperidine rings is 1. The van der Waals surface area contributed by atoms with E-state index in [4.69, 9.17) is 39.5 Å². The van der Waals surface area contributed by atoms with Gasteiger partial charge in [0.25, 0.3) is 5.91 Å². The van der Waals surface area contributed by atoms with Crippen LogP contribution in [-0.4, -0.2) is 41.4 Å². The quantitative estimate of drug-likeness (QED) is 0.276. The molecule has 0 unspecified atom stereocenters.